The van der Waals surface area contributed by atoms with Gasteiger partial charge in [0.1, 0.15) is 12.9 Å². The molecule has 4 nitrogen and oxygen atoms in total. The van der Waals surface area contributed by atoms with Crippen LogP contribution in [0.2, 0.25) is 0 Å². The van der Waals surface area contributed by atoms with Gasteiger partial charge in [0.2, 0.25) is 5.91 Å². The number of nitrogens with zero attached hydrogens (tertiary/aromatic N) is 1. The second-order valence-electron chi connectivity index (χ2n) is 4.49. The molecule has 0 radical (unpaired) electrons. The molecule has 0 aliphatic carbocycles. The van der Waals surface area contributed by atoms with E-state index in [4.69, 9.17) is 4.74 Å². The summed E-state index contributed by atoms with van der Waals surface area (Å²) in [4.78, 5) is 24.0. The molecule has 1 amide bonds. The highest BCUT2D eigenvalue weighted by atomic mass is 16.5. The molecule has 1 fully saturated rings. The van der Waals surface area contributed by atoms with Gasteiger partial charge in [0.05, 0.1) is 12.6 Å². The maximum Gasteiger partial charge on any atom is 0.248 e. The molecule has 0 aromatic heterocycles. The topological polar surface area (TPSA) is 46.6 Å². The van der Waals surface area contributed by atoms with E-state index >= 15 is 0 Å². The first-order valence-electron chi connectivity index (χ1n) is 5.38. The molecule has 0 aromatic carbocycles. The third kappa shape index (κ3) is 3.02. The number of carbonyl (C=O) groups is 2. The molecule has 1 aliphatic rings. The molecule has 1 heterocycles. The fraction of sp³-hybridized carbons (Fsp3) is 0.818. The average Bonchev–Trinajstić information content (AvgIpc) is 2.20. The van der Waals surface area contributed by atoms with Gasteiger partial charge < -0.3 is 14.4 Å². The van der Waals surface area contributed by atoms with Gasteiger partial charge in [0.15, 0.2) is 0 Å². The maximum atomic E-state index is 11.6. The van der Waals surface area contributed by atoms with Gasteiger partial charge in [0, 0.05) is 12.5 Å². The number of hydrogen-bond donors (Lipinski definition) is 0. The Kier molecular flexibility index (Phi) is 4.27. The Morgan fingerprint density at radius 3 is 2.73 bits per heavy atom. The third-order valence-electron chi connectivity index (χ3n) is 2.72. The van der Waals surface area contributed by atoms with E-state index in [9.17, 15) is 9.59 Å². The highest BCUT2D eigenvalue weighted by Gasteiger charge is 2.31. The van der Waals surface area contributed by atoms with E-state index in [1.165, 1.54) is 0 Å². The van der Waals surface area contributed by atoms with Crippen molar-refractivity contribution in [3.8, 4) is 0 Å². The smallest absolute Gasteiger partial charge is 0.248 e. The number of aldehydes is 1. The predicted octanol–water partition coefficient (Wildman–Crippen LogP) is 0.705. The summed E-state index contributed by atoms with van der Waals surface area (Å²) in [5.74, 6) is 0.245. The maximum absolute atomic E-state index is 11.6. The molecule has 1 saturated heterocycles. The Bertz CT molecular complexity index is 240. The number of rotatable bonds is 4. The highest BCUT2D eigenvalue weighted by molar-refractivity contribution is 5.78. The molecule has 0 saturated carbocycles. The first kappa shape index (κ1) is 12.2. The lowest BCUT2D eigenvalue weighted by molar-refractivity contribution is -0.151. The minimum absolute atomic E-state index is 0.00588. The fourth-order valence-corrected chi connectivity index (χ4v) is 1.77. The predicted molar refractivity (Wildman–Crippen MR) is 56.4 cm³/mol. The Morgan fingerprint density at radius 2 is 2.20 bits per heavy atom. The molecule has 2 atom stereocenters. The quantitative estimate of drug-likeness (QED) is 0.646. The van der Waals surface area contributed by atoms with Crippen molar-refractivity contribution in [1.29, 1.82) is 0 Å². The van der Waals surface area contributed by atoms with Crippen molar-refractivity contribution in [3.05, 3.63) is 0 Å². The summed E-state index contributed by atoms with van der Waals surface area (Å²) in [5, 5.41) is 0. The van der Waals surface area contributed by atoms with Crippen LogP contribution in [-0.2, 0) is 14.3 Å². The van der Waals surface area contributed by atoms with Crippen LogP contribution in [0.1, 0.15) is 20.8 Å². The van der Waals surface area contributed by atoms with Crippen molar-refractivity contribution in [2.45, 2.75) is 26.8 Å². The SMILES string of the molecule is CC(C=O)CN1C(=O)COCC1C(C)C. The molecular weight excluding hydrogens is 194 g/mol. The zero-order chi connectivity index (χ0) is 11.4. The summed E-state index contributed by atoms with van der Waals surface area (Å²) in [6, 6.07) is 0.105. The zero-order valence-corrected chi connectivity index (χ0v) is 9.60. The van der Waals surface area contributed by atoms with Crippen molar-refractivity contribution in [2.24, 2.45) is 11.8 Å². The van der Waals surface area contributed by atoms with E-state index < -0.39 is 0 Å². The van der Waals surface area contributed by atoms with Gasteiger partial charge in [-0.1, -0.05) is 20.8 Å². The Hall–Kier alpha value is -0.900. The van der Waals surface area contributed by atoms with Crippen LogP contribution in [0, 0.1) is 11.8 Å². The lowest BCUT2D eigenvalue weighted by Crippen LogP contribution is -2.53. The van der Waals surface area contributed by atoms with Crippen LogP contribution in [0.3, 0.4) is 0 Å². The Balaban J connectivity index is 2.68. The molecule has 0 aromatic rings. The largest absolute Gasteiger partial charge is 0.369 e. The molecular formula is C11H19NO3. The lowest BCUT2D eigenvalue weighted by atomic mass is 10.0. The summed E-state index contributed by atoms with van der Waals surface area (Å²) in [5.41, 5.74) is 0. The van der Waals surface area contributed by atoms with E-state index in [1.807, 2.05) is 6.92 Å². The van der Waals surface area contributed by atoms with Gasteiger partial charge in [-0.3, -0.25) is 4.79 Å². The van der Waals surface area contributed by atoms with Gasteiger partial charge >= 0.3 is 0 Å². The van der Waals surface area contributed by atoms with Gasteiger partial charge in [-0.05, 0) is 5.92 Å². The first-order valence-corrected chi connectivity index (χ1v) is 5.38. The van der Waals surface area contributed by atoms with Gasteiger partial charge in [0.25, 0.3) is 0 Å². The fourth-order valence-electron chi connectivity index (χ4n) is 1.77. The van der Waals surface area contributed by atoms with Crippen molar-refractivity contribution in [3.63, 3.8) is 0 Å². The minimum Gasteiger partial charge on any atom is -0.369 e. The lowest BCUT2D eigenvalue weighted by Gasteiger charge is -2.38. The van der Waals surface area contributed by atoms with Gasteiger partial charge in [-0.15, -0.1) is 0 Å². The second-order valence-corrected chi connectivity index (χ2v) is 4.49. The van der Waals surface area contributed by atoms with E-state index in [0.717, 1.165) is 6.29 Å². The van der Waals surface area contributed by atoms with Crippen molar-refractivity contribution >= 4 is 12.2 Å². The van der Waals surface area contributed by atoms with Crippen LogP contribution in [0.4, 0.5) is 0 Å². The average molecular weight is 213 g/mol. The van der Waals surface area contributed by atoms with E-state index in [2.05, 4.69) is 13.8 Å². The minimum atomic E-state index is -0.103. The van der Waals surface area contributed by atoms with Crippen molar-refractivity contribution in [1.82, 2.24) is 4.90 Å². The van der Waals surface area contributed by atoms with Crippen LogP contribution < -0.4 is 0 Å². The van der Waals surface area contributed by atoms with Crippen LogP contribution in [0.5, 0.6) is 0 Å². The molecule has 15 heavy (non-hydrogen) atoms. The molecule has 1 aliphatic heterocycles. The number of ether oxygens (including phenoxy) is 1. The molecule has 0 spiro atoms. The number of hydrogen-bond acceptors (Lipinski definition) is 3. The molecule has 86 valence electrons. The summed E-state index contributed by atoms with van der Waals surface area (Å²) >= 11 is 0. The molecule has 2 unspecified atom stereocenters. The normalized spacial score (nSPS) is 24.4. The molecule has 4 heteroatoms. The van der Waals surface area contributed by atoms with Crippen LogP contribution in [0.15, 0.2) is 0 Å². The molecule has 1 rings (SSSR count). The van der Waals surface area contributed by atoms with Gasteiger partial charge in [-0.2, -0.15) is 0 Å². The van der Waals surface area contributed by atoms with Crippen LogP contribution in [0.25, 0.3) is 0 Å². The van der Waals surface area contributed by atoms with E-state index in [1.54, 1.807) is 4.90 Å². The standard InChI is InChI=1S/C11H19NO3/c1-8(2)10-6-15-7-11(14)12(10)4-9(3)5-13/h5,8-10H,4,6-7H2,1-3H3. The molecule has 0 bridgehead atoms. The van der Waals surface area contributed by atoms with Crippen LogP contribution in [-0.4, -0.2) is 42.9 Å². The number of carbonyl (C=O) groups excluding carboxylic acids is 2. The third-order valence-corrected chi connectivity index (χ3v) is 2.72. The second kappa shape index (κ2) is 5.26. The Labute approximate surface area is 90.6 Å². The first-order chi connectivity index (χ1) is 7.06. The summed E-state index contributed by atoms with van der Waals surface area (Å²) < 4.78 is 5.22. The Morgan fingerprint density at radius 1 is 1.53 bits per heavy atom. The summed E-state index contributed by atoms with van der Waals surface area (Å²) in [6.07, 6.45) is 0.889. The van der Waals surface area contributed by atoms with Crippen LogP contribution >= 0.6 is 0 Å². The number of amides is 1. The monoisotopic (exact) mass is 213 g/mol. The van der Waals surface area contributed by atoms with Crippen molar-refractivity contribution in [2.75, 3.05) is 19.8 Å². The zero-order valence-electron chi connectivity index (χ0n) is 9.60. The molecule has 0 N–H and O–H groups in total. The number of morpholine rings is 1. The summed E-state index contributed by atoms with van der Waals surface area (Å²) in [6.45, 7) is 7.18. The van der Waals surface area contributed by atoms with E-state index in [0.29, 0.717) is 19.1 Å². The van der Waals surface area contributed by atoms with E-state index in [-0.39, 0.29) is 24.5 Å². The summed E-state index contributed by atoms with van der Waals surface area (Å²) in [7, 11) is 0. The van der Waals surface area contributed by atoms with Gasteiger partial charge in [-0.25, -0.2) is 0 Å². The van der Waals surface area contributed by atoms with Crippen molar-refractivity contribution < 1.29 is 14.3 Å². The highest BCUT2D eigenvalue weighted by Crippen LogP contribution is 2.17.